The van der Waals surface area contributed by atoms with E-state index < -0.39 is 6.10 Å². The predicted molar refractivity (Wildman–Crippen MR) is 65.0 cm³/mol. The molecule has 0 aliphatic carbocycles. The molecule has 0 fully saturated rings. The molecule has 0 bridgehead atoms. The Morgan fingerprint density at radius 1 is 1.41 bits per heavy atom. The molecular formula is C10H19N5O2. The first-order valence-electron chi connectivity index (χ1n) is 5.56. The molecule has 0 radical (unpaired) electrons. The van der Waals surface area contributed by atoms with Gasteiger partial charge in [-0.05, 0) is 13.3 Å². The van der Waals surface area contributed by atoms with Crippen molar-refractivity contribution in [3.63, 3.8) is 0 Å². The lowest BCUT2D eigenvalue weighted by atomic mass is 10.4. The average molecular weight is 241 g/mol. The maximum atomic E-state index is 9.29. The van der Waals surface area contributed by atoms with E-state index in [1.807, 2.05) is 6.92 Å². The lowest BCUT2D eigenvalue weighted by Gasteiger charge is -2.18. The molecule has 1 rings (SSSR count). The molecule has 1 unspecified atom stereocenters. The lowest BCUT2D eigenvalue weighted by molar-refractivity contribution is 0.201. The molecule has 17 heavy (non-hydrogen) atoms. The Kier molecular flexibility index (Phi) is 4.89. The summed E-state index contributed by atoms with van der Waals surface area (Å²) < 4.78 is 5.30. The molecule has 0 spiro atoms. The van der Waals surface area contributed by atoms with Crippen molar-refractivity contribution in [2.75, 3.05) is 30.8 Å². The minimum Gasteiger partial charge on any atom is -0.463 e. The van der Waals surface area contributed by atoms with Crippen LogP contribution in [0.1, 0.15) is 20.3 Å². The van der Waals surface area contributed by atoms with Crippen molar-refractivity contribution in [2.24, 2.45) is 0 Å². The van der Waals surface area contributed by atoms with Crippen LogP contribution in [0.2, 0.25) is 0 Å². The van der Waals surface area contributed by atoms with Crippen LogP contribution < -0.4 is 15.4 Å². The van der Waals surface area contributed by atoms with Gasteiger partial charge in [-0.15, -0.1) is 0 Å². The molecule has 1 aromatic rings. The molecule has 0 amide bonds. The SMILES string of the molecule is CCCOc1nc(N)nc(N(C)CC(C)O)n1. The van der Waals surface area contributed by atoms with E-state index >= 15 is 0 Å². The first-order chi connectivity index (χ1) is 8.02. The van der Waals surface area contributed by atoms with Crippen molar-refractivity contribution in [2.45, 2.75) is 26.4 Å². The van der Waals surface area contributed by atoms with Crippen molar-refractivity contribution < 1.29 is 9.84 Å². The summed E-state index contributed by atoms with van der Waals surface area (Å²) in [5, 5.41) is 9.29. The van der Waals surface area contributed by atoms with Gasteiger partial charge < -0.3 is 20.5 Å². The Morgan fingerprint density at radius 2 is 2.12 bits per heavy atom. The molecule has 0 aliphatic heterocycles. The Labute approximate surface area is 101 Å². The van der Waals surface area contributed by atoms with Gasteiger partial charge in [0.05, 0.1) is 12.7 Å². The van der Waals surface area contributed by atoms with Gasteiger partial charge in [0, 0.05) is 13.6 Å². The fourth-order valence-electron chi connectivity index (χ4n) is 1.27. The summed E-state index contributed by atoms with van der Waals surface area (Å²) in [5.41, 5.74) is 5.57. The number of aliphatic hydroxyl groups excluding tert-OH is 1. The van der Waals surface area contributed by atoms with E-state index in [4.69, 9.17) is 10.5 Å². The third kappa shape index (κ3) is 4.39. The topological polar surface area (TPSA) is 97.4 Å². The van der Waals surface area contributed by atoms with Gasteiger partial charge in [0.2, 0.25) is 11.9 Å². The van der Waals surface area contributed by atoms with Gasteiger partial charge in [-0.2, -0.15) is 15.0 Å². The number of rotatable bonds is 6. The summed E-state index contributed by atoms with van der Waals surface area (Å²) >= 11 is 0. The second-order valence-electron chi connectivity index (χ2n) is 3.85. The number of nitrogens with zero attached hydrogens (tertiary/aromatic N) is 4. The molecule has 1 aromatic heterocycles. The summed E-state index contributed by atoms with van der Waals surface area (Å²) in [7, 11) is 1.77. The van der Waals surface area contributed by atoms with Crippen LogP contribution in [0.3, 0.4) is 0 Å². The van der Waals surface area contributed by atoms with Gasteiger partial charge in [0.1, 0.15) is 0 Å². The van der Waals surface area contributed by atoms with Crippen LogP contribution in [0.5, 0.6) is 6.01 Å². The average Bonchev–Trinajstić information content (AvgIpc) is 2.24. The highest BCUT2D eigenvalue weighted by atomic mass is 16.5. The summed E-state index contributed by atoms with van der Waals surface area (Å²) in [6, 6.07) is 0.215. The van der Waals surface area contributed by atoms with Crippen LogP contribution in [0, 0.1) is 0 Å². The van der Waals surface area contributed by atoms with Crippen LogP contribution in [-0.2, 0) is 0 Å². The highest BCUT2D eigenvalue weighted by Crippen LogP contribution is 2.12. The minimum atomic E-state index is -0.474. The Balaban J connectivity index is 2.80. The van der Waals surface area contributed by atoms with Crippen molar-refractivity contribution in [1.82, 2.24) is 15.0 Å². The lowest BCUT2D eigenvalue weighted by Crippen LogP contribution is -2.29. The number of ether oxygens (including phenoxy) is 1. The third-order valence-corrected chi connectivity index (χ3v) is 1.94. The number of hydrogen-bond acceptors (Lipinski definition) is 7. The van der Waals surface area contributed by atoms with Crippen LogP contribution in [0.25, 0.3) is 0 Å². The zero-order valence-electron chi connectivity index (χ0n) is 10.4. The van der Waals surface area contributed by atoms with E-state index in [0.717, 1.165) is 6.42 Å². The van der Waals surface area contributed by atoms with Crippen LogP contribution in [0.4, 0.5) is 11.9 Å². The molecule has 96 valence electrons. The molecule has 0 saturated carbocycles. The van der Waals surface area contributed by atoms with E-state index in [1.54, 1.807) is 18.9 Å². The van der Waals surface area contributed by atoms with Crippen molar-refractivity contribution >= 4 is 11.9 Å². The van der Waals surface area contributed by atoms with Crippen molar-refractivity contribution in [3.8, 4) is 6.01 Å². The molecule has 7 heteroatoms. The standard InChI is InChI=1S/C10H19N5O2/c1-4-5-17-10-13-8(11)12-9(14-10)15(3)6-7(2)16/h7,16H,4-6H2,1-3H3,(H2,11,12,13,14). The summed E-state index contributed by atoms with van der Waals surface area (Å²) in [5.74, 6) is 0.503. The van der Waals surface area contributed by atoms with Crippen LogP contribution in [0.15, 0.2) is 0 Å². The summed E-state index contributed by atoms with van der Waals surface area (Å²) in [6.45, 7) is 4.63. The number of hydrogen-bond donors (Lipinski definition) is 2. The second-order valence-corrected chi connectivity index (χ2v) is 3.85. The zero-order valence-corrected chi connectivity index (χ0v) is 10.4. The highest BCUT2D eigenvalue weighted by molar-refractivity contribution is 5.35. The maximum Gasteiger partial charge on any atom is 0.323 e. The number of likely N-dealkylation sites (N-methyl/N-ethyl adjacent to an activating group) is 1. The molecular weight excluding hydrogens is 222 g/mol. The highest BCUT2D eigenvalue weighted by Gasteiger charge is 2.11. The van der Waals surface area contributed by atoms with Gasteiger partial charge in [-0.25, -0.2) is 0 Å². The quantitative estimate of drug-likeness (QED) is 0.726. The Hall–Kier alpha value is -1.63. The summed E-state index contributed by atoms with van der Waals surface area (Å²) in [6.07, 6.45) is 0.391. The summed E-state index contributed by atoms with van der Waals surface area (Å²) in [4.78, 5) is 13.7. The Morgan fingerprint density at radius 3 is 2.71 bits per heavy atom. The van der Waals surface area contributed by atoms with E-state index in [0.29, 0.717) is 19.1 Å². The minimum absolute atomic E-state index is 0.110. The number of aliphatic hydroxyl groups is 1. The first-order valence-corrected chi connectivity index (χ1v) is 5.56. The number of aromatic nitrogens is 3. The Bertz CT molecular complexity index is 359. The number of anilines is 2. The van der Waals surface area contributed by atoms with Crippen molar-refractivity contribution in [1.29, 1.82) is 0 Å². The van der Waals surface area contributed by atoms with E-state index in [1.165, 1.54) is 0 Å². The number of nitrogen functional groups attached to an aromatic ring is 1. The van der Waals surface area contributed by atoms with Gasteiger partial charge in [0.15, 0.2) is 0 Å². The molecule has 0 saturated heterocycles. The normalized spacial score (nSPS) is 12.2. The van der Waals surface area contributed by atoms with E-state index in [9.17, 15) is 5.11 Å². The van der Waals surface area contributed by atoms with Crippen molar-refractivity contribution in [3.05, 3.63) is 0 Å². The van der Waals surface area contributed by atoms with Crippen LogP contribution in [-0.4, -0.2) is 46.4 Å². The van der Waals surface area contributed by atoms with E-state index in [2.05, 4.69) is 15.0 Å². The molecule has 7 nitrogen and oxygen atoms in total. The third-order valence-electron chi connectivity index (χ3n) is 1.94. The largest absolute Gasteiger partial charge is 0.463 e. The predicted octanol–water partition coefficient (Wildman–Crippen LogP) is 0.0596. The fourth-order valence-corrected chi connectivity index (χ4v) is 1.27. The molecule has 3 N–H and O–H groups in total. The second kappa shape index (κ2) is 6.19. The first kappa shape index (κ1) is 13.4. The van der Waals surface area contributed by atoms with E-state index in [-0.39, 0.29) is 12.0 Å². The molecule has 1 heterocycles. The van der Waals surface area contributed by atoms with Gasteiger partial charge in [-0.3, -0.25) is 0 Å². The number of nitrogens with two attached hydrogens (primary N) is 1. The van der Waals surface area contributed by atoms with Gasteiger partial charge in [-0.1, -0.05) is 6.92 Å². The zero-order chi connectivity index (χ0) is 12.8. The molecule has 0 aliphatic rings. The molecule has 1 atom stereocenters. The van der Waals surface area contributed by atoms with Crippen LogP contribution >= 0.6 is 0 Å². The van der Waals surface area contributed by atoms with Gasteiger partial charge >= 0.3 is 6.01 Å². The fraction of sp³-hybridized carbons (Fsp3) is 0.700. The monoisotopic (exact) mass is 241 g/mol. The smallest absolute Gasteiger partial charge is 0.323 e. The molecule has 0 aromatic carbocycles. The maximum absolute atomic E-state index is 9.29. The van der Waals surface area contributed by atoms with Gasteiger partial charge in [0.25, 0.3) is 0 Å².